The summed E-state index contributed by atoms with van der Waals surface area (Å²) in [7, 11) is 0. The van der Waals surface area contributed by atoms with Gasteiger partial charge in [0.1, 0.15) is 13.2 Å². The molecule has 368 valence electrons. The lowest BCUT2D eigenvalue weighted by Crippen LogP contribution is -2.30. The Hall–Kier alpha value is -3.15. The Labute approximate surface area is 395 Å². The van der Waals surface area contributed by atoms with Crippen molar-refractivity contribution in [2.45, 2.75) is 264 Å². The molecule has 0 aliphatic rings. The van der Waals surface area contributed by atoms with Gasteiger partial charge in [-0.1, -0.05) is 229 Å². The van der Waals surface area contributed by atoms with Gasteiger partial charge < -0.3 is 14.2 Å². The van der Waals surface area contributed by atoms with Crippen LogP contribution in [0.2, 0.25) is 0 Å². The molecule has 1 unspecified atom stereocenters. The molecule has 0 aromatic heterocycles. The first-order valence-electron chi connectivity index (χ1n) is 27.0. The van der Waals surface area contributed by atoms with Gasteiger partial charge in [-0.15, -0.1) is 0 Å². The van der Waals surface area contributed by atoms with Gasteiger partial charge in [0.15, 0.2) is 6.10 Å². The van der Waals surface area contributed by atoms with Gasteiger partial charge in [-0.3, -0.25) is 14.4 Å². The molecule has 0 spiro atoms. The van der Waals surface area contributed by atoms with E-state index in [9.17, 15) is 14.4 Å². The molecule has 0 rings (SSSR count). The van der Waals surface area contributed by atoms with Crippen LogP contribution >= 0.6 is 0 Å². The zero-order valence-corrected chi connectivity index (χ0v) is 42.0. The first kappa shape index (κ1) is 60.9. The van der Waals surface area contributed by atoms with Gasteiger partial charge in [-0.25, -0.2) is 0 Å². The number of rotatable bonds is 48. The minimum Gasteiger partial charge on any atom is -0.462 e. The number of ether oxygens (including phenoxy) is 3. The fraction of sp³-hybridized carbons (Fsp3) is 0.741. The fourth-order valence-electron chi connectivity index (χ4n) is 7.37. The summed E-state index contributed by atoms with van der Waals surface area (Å²) >= 11 is 0. The van der Waals surface area contributed by atoms with E-state index in [0.717, 1.165) is 64.2 Å². The van der Waals surface area contributed by atoms with Gasteiger partial charge in [0.25, 0.3) is 0 Å². The maximum Gasteiger partial charge on any atom is 0.306 e. The average Bonchev–Trinajstić information content (AvgIpc) is 3.29. The lowest BCUT2D eigenvalue weighted by molar-refractivity contribution is -0.167. The van der Waals surface area contributed by atoms with Crippen LogP contribution in [0.3, 0.4) is 0 Å². The molecule has 0 bridgehead atoms. The largest absolute Gasteiger partial charge is 0.462 e. The smallest absolute Gasteiger partial charge is 0.306 e. The molecule has 0 fully saturated rings. The second-order valence-electron chi connectivity index (χ2n) is 17.8. The molecule has 6 heteroatoms. The van der Waals surface area contributed by atoms with Crippen molar-refractivity contribution in [3.8, 4) is 0 Å². The first-order chi connectivity index (χ1) is 31.5. The summed E-state index contributed by atoms with van der Waals surface area (Å²) in [5.74, 6) is -0.954. The first-order valence-corrected chi connectivity index (χ1v) is 27.0. The highest BCUT2D eigenvalue weighted by Crippen LogP contribution is 2.15. The zero-order chi connectivity index (χ0) is 46.5. The number of unbranched alkanes of at least 4 members (excludes halogenated alkanes) is 26. The Morgan fingerprint density at radius 2 is 0.625 bits per heavy atom. The molecule has 1 atom stereocenters. The second kappa shape index (κ2) is 52.5. The monoisotopic (exact) mass is 893 g/mol. The minimum absolute atomic E-state index is 0.0965. The summed E-state index contributed by atoms with van der Waals surface area (Å²) in [5, 5.41) is 0. The van der Waals surface area contributed by atoms with Crippen LogP contribution in [0, 0.1) is 0 Å². The van der Waals surface area contributed by atoms with Gasteiger partial charge in [0.05, 0.1) is 0 Å². The van der Waals surface area contributed by atoms with E-state index < -0.39 is 6.10 Å². The maximum atomic E-state index is 12.8. The van der Waals surface area contributed by atoms with E-state index in [4.69, 9.17) is 14.2 Å². The Morgan fingerprint density at radius 3 is 1.05 bits per heavy atom. The van der Waals surface area contributed by atoms with E-state index in [1.807, 2.05) is 0 Å². The highest BCUT2D eigenvalue weighted by Gasteiger charge is 2.19. The van der Waals surface area contributed by atoms with Crippen LogP contribution in [-0.4, -0.2) is 37.2 Å². The van der Waals surface area contributed by atoms with Crippen molar-refractivity contribution in [2.24, 2.45) is 0 Å². The molecule has 0 aromatic carbocycles. The predicted octanol–water partition coefficient (Wildman–Crippen LogP) is 17.8. The summed E-state index contributed by atoms with van der Waals surface area (Å²) in [6, 6.07) is 0. The zero-order valence-electron chi connectivity index (χ0n) is 42.0. The Kier molecular flexibility index (Phi) is 49.9. The third kappa shape index (κ3) is 49.9. The van der Waals surface area contributed by atoms with Gasteiger partial charge >= 0.3 is 17.9 Å². The van der Waals surface area contributed by atoms with Crippen molar-refractivity contribution >= 4 is 17.9 Å². The van der Waals surface area contributed by atoms with Crippen molar-refractivity contribution in [1.82, 2.24) is 0 Å². The Bertz CT molecular complexity index is 1210. The number of hydrogen-bond donors (Lipinski definition) is 0. The molecule has 0 saturated carbocycles. The van der Waals surface area contributed by atoms with E-state index in [0.29, 0.717) is 19.3 Å². The van der Waals surface area contributed by atoms with Crippen LogP contribution in [0.4, 0.5) is 0 Å². The lowest BCUT2D eigenvalue weighted by atomic mass is 10.1. The molecule has 0 heterocycles. The number of carbonyl (C=O) groups excluding carboxylic acids is 3. The van der Waals surface area contributed by atoms with E-state index >= 15 is 0 Å². The molecule has 0 aliphatic heterocycles. The third-order valence-electron chi connectivity index (χ3n) is 11.5. The number of esters is 3. The second-order valence-corrected chi connectivity index (χ2v) is 17.8. The Balaban J connectivity index is 4.41. The van der Waals surface area contributed by atoms with E-state index in [-0.39, 0.29) is 37.5 Å². The van der Waals surface area contributed by atoms with E-state index in [1.54, 1.807) is 0 Å². The van der Waals surface area contributed by atoms with E-state index in [2.05, 4.69) is 93.7 Å². The van der Waals surface area contributed by atoms with Crippen LogP contribution in [0.15, 0.2) is 72.9 Å². The quantitative estimate of drug-likeness (QED) is 0.0199. The van der Waals surface area contributed by atoms with Crippen molar-refractivity contribution in [2.75, 3.05) is 13.2 Å². The molecule has 0 radical (unpaired) electrons. The fourth-order valence-corrected chi connectivity index (χ4v) is 7.37. The normalized spacial score (nSPS) is 12.6. The number of allylic oxidation sites excluding steroid dienone is 12. The van der Waals surface area contributed by atoms with Crippen LogP contribution in [0.5, 0.6) is 0 Å². The third-order valence-corrected chi connectivity index (χ3v) is 11.5. The maximum absolute atomic E-state index is 12.8. The van der Waals surface area contributed by atoms with Gasteiger partial charge in [0.2, 0.25) is 0 Å². The van der Waals surface area contributed by atoms with Crippen LogP contribution in [0.1, 0.15) is 258 Å². The molecule has 0 amide bonds. The summed E-state index contributed by atoms with van der Waals surface area (Å²) in [6.07, 6.45) is 66.1. The van der Waals surface area contributed by atoms with Gasteiger partial charge in [-0.05, 0) is 83.5 Å². The van der Waals surface area contributed by atoms with Crippen molar-refractivity contribution in [3.63, 3.8) is 0 Å². The predicted molar refractivity (Wildman–Crippen MR) is 274 cm³/mol. The molecule has 0 saturated heterocycles. The van der Waals surface area contributed by atoms with Gasteiger partial charge in [0, 0.05) is 19.3 Å². The Morgan fingerprint density at radius 1 is 0.328 bits per heavy atom. The van der Waals surface area contributed by atoms with Crippen molar-refractivity contribution in [3.05, 3.63) is 72.9 Å². The van der Waals surface area contributed by atoms with Gasteiger partial charge in [-0.2, -0.15) is 0 Å². The van der Waals surface area contributed by atoms with Crippen molar-refractivity contribution < 1.29 is 28.6 Å². The van der Waals surface area contributed by atoms with Crippen LogP contribution in [0.25, 0.3) is 0 Å². The molecule has 64 heavy (non-hydrogen) atoms. The average molecular weight is 893 g/mol. The molecule has 0 aromatic rings. The SMILES string of the molecule is CCCCC/C=C\C=C/CCCCCCCCCCCCC(=O)OCC(COC(=O)CCCCCCCCCCCC)OC(=O)CCC/C=C\C/C=C\C/C=C\C/C=C\CCCCC. The topological polar surface area (TPSA) is 78.9 Å². The summed E-state index contributed by atoms with van der Waals surface area (Å²) in [4.78, 5) is 38.0. The highest BCUT2D eigenvalue weighted by molar-refractivity contribution is 5.71. The lowest BCUT2D eigenvalue weighted by Gasteiger charge is -2.18. The van der Waals surface area contributed by atoms with Crippen LogP contribution in [-0.2, 0) is 28.6 Å². The highest BCUT2D eigenvalue weighted by atomic mass is 16.6. The number of hydrogen-bond acceptors (Lipinski definition) is 6. The molecule has 0 N–H and O–H groups in total. The number of carbonyl (C=O) groups is 3. The minimum atomic E-state index is -0.802. The molecule has 6 nitrogen and oxygen atoms in total. The summed E-state index contributed by atoms with van der Waals surface area (Å²) in [6.45, 7) is 6.53. The summed E-state index contributed by atoms with van der Waals surface area (Å²) in [5.41, 5.74) is 0. The molecular formula is C58H100O6. The van der Waals surface area contributed by atoms with Crippen LogP contribution < -0.4 is 0 Å². The van der Waals surface area contributed by atoms with E-state index in [1.165, 1.54) is 148 Å². The summed E-state index contributed by atoms with van der Waals surface area (Å²) < 4.78 is 16.8. The molecular weight excluding hydrogens is 793 g/mol. The van der Waals surface area contributed by atoms with Crippen molar-refractivity contribution in [1.29, 1.82) is 0 Å². The molecule has 0 aliphatic carbocycles. The standard InChI is InChI=1S/C58H100O6/c1-4-7-10-13-16-19-22-24-26-28-29-31-32-34-36-39-42-45-48-51-57(60)63-54-55(53-62-56(59)50-47-44-41-38-21-18-15-12-9-6-3)64-58(61)52-49-46-43-40-37-35-33-30-27-25-23-20-17-14-11-8-5-2/h16-17,19-20,22,24-25,27,33,35,40,43,55H,4-15,18,21,23,26,28-32,34,36-39,41-42,44-54H2,1-3H3/b19-16-,20-17-,24-22-,27-25-,35-33-,43-40-.